The molecule has 12 heteroatoms. The Morgan fingerprint density at radius 1 is 1.41 bits per heavy atom. The molecule has 0 aliphatic heterocycles. The fraction of sp³-hybridized carbons (Fsp3) is 0.294. The Morgan fingerprint density at radius 3 is 3.03 bits per heavy atom. The summed E-state index contributed by atoms with van der Waals surface area (Å²) in [5.41, 5.74) is 6.62. The third-order valence-electron chi connectivity index (χ3n) is 4.00. The summed E-state index contributed by atoms with van der Waals surface area (Å²) in [4.78, 5) is 22.1. The van der Waals surface area contributed by atoms with Gasteiger partial charge >= 0.3 is 5.97 Å². The highest BCUT2D eigenvalue weighted by molar-refractivity contribution is 7.98. The van der Waals surface area contributed by atoms with Crippen LogP contribution in [0.25, 0.3) is 11.1 Å². The summed E-state index contributed by atoms with van der Waals surface area (Å²) >= 11 is 3.03. The molecule has 0 aromatic carbocycles. The average molecular weight is 432 g/mol. The van der Waals surface area contributed by atoms with E-state index in [2.05, 4.69) is 25.5 Å². The van der Waals surface area contributed by atoms with Crippen LogP contribution < -0.4 is 5.73 Å². The molecule has 150 valence electrons. The molecule has 4 rings (SSSR count). The van der Waals surface area contributed by atoms with Gasteiger partial charge in [0.2, 0.25) is 10.9 Å². The van der Waals surface area contributed by atoms with Crippen molar-refractivity contribution in [2.24, 2.45) is 0 Å². The number of hydrogen-bond donors (Lipinski definition) is 1. The van der Waals surface area contributed by atoms with Gasteiger partial charge < -0.3 is 14.9 Å². The van der Waals surface area contributed by atoms with Crippen LogP contribution in [0.1, 0.15) is 33.7 Å². The normalized spacial score (nSPS) is 11.2. The van der Waals surface area contributed by atoms with E-state index in [0.29, 0.717) is 34.4 Å². The number of ether oxygens (including phenoxy) is 1. The molecule has 0 aliphatic rings. The molecule has 0 saturated carbocycles. The summed E-state index contributed by atoms with van der Waals surface area (Å²) in [6.07, 6.45) is 0. The van der Waals surface area contributed by atoms with Crippen LogP contribution in [-0.2, 0) is 17.0 Å². The second-order valence-corrected chi connectivity index (χ2v) is 7.92. The Hall–Kier alpha value is -2.99. The van der Waals surface area contributed by atoms with Gasteiger partial charge in [0.25, 0.3) is 0 Å². The van der Waals surface area contributed by atoms with Gasteiger partial charge in [0.1, 0.15) is 23.0 Å². The lowest BCUT2D eigenvalue weighted by molar-refractivity contribution is 0.0526. The Labute approximate surface area is 173 Å². The average Bonchev–Trinajstić information content (AvgIpc) is 3.41. The number of carbonyl (C=O) groups is 1. The molecular formula is C17H17N7O3S2. The van der Waals surface area contributed by atoms with Crippen molar-refractivity contribution in [2.45, 2.75) is 31.3 Å². The lowest BCUT2D eigenvalue weighted by atomic mass is 10.2. The predicted octanol–water partition coefficient (Wildman–Crippen LogP) is 2.68. The van der Waals surface area contributed by atoms with Gasteiger partial charge in [-0.25, -0.2) is 14.5 Å². The highest BCUT2D eigenvalue weighted by atomic mass is 32.2. The van der Waals surface area contributed by atoms with Crippen LogP contribution in [0, 0.1) is 6.92 Å². The molecule has 2 N–H and O–H groups in total. The second-order valence-electron chi connectivity index (χ2n) is 5.95. The number of tetrazole rings is 1. The van der Waals surface area contributed by atoms with Crippen LogP contribution in [0.15, 0.2) is 27.1 Å². The van der Waals surface area contributed by atoms with E-state index in [9.17, 15) is 4.79 Å². The van der Waals surface area contributed by atoms with E-state index in [1.165, 1.54) is 11.8 Å². The summed E-state index contributed by atoms with van der Waals surface area (Å²) < 4.78 is 12.4. The van der Waals surface area contributed by atoms with Gasteiger partial charge in [-0.1, -0.05) is 17.8 Å². The first-order chi connectivity index (χ1) is 14.1. The number of aromatic nitrogens is 6. The van der Waals surface area contributed by atoms with Crippen molar-refractivity contribution in [3.05, 3.63) is 39.5 Å². The number of esters is 1. The Bertz CT molecular complexity index is 1150. The minimum Gasteiger partial charge on any atom is -0.462 e. The summed E-state index contributed by atoms with van der Waals surface area (Å²) in [6.45, 7) is 4.24. The number of fused-ring (bicyclic) bond motifs is 1. The van der Waals surface area contributed by atoms with E-state index >= 15 is 0 Å². The van der Waals surface area contributed by atoms with E-state index in [-0.39, 0.29) is 23.7 Å². The molecule has 29 heavy (non-hydrogen) atoms. The number of thioether (sulfide) groups is 1. The number of carbonyl (C=O) groups excluding carboxylic acids is 1. The minimum absolute atomic E-state index is 0.170. The maximum atomic E-state index is 12.2. The van der Waals surface area contributed by atoms with Gasteiger partial charge in [-0.2, -0.15) is 4.98 Å². The fourth-order valence-electron chi connectivity index (χ4n) is 2.78. The highest BCUT2D eigenvalue weighted by Crippen LogP contribution is 2.30. The summed E-state index contributed by atoms with van der Waals surface area (Å²) in [7, 11) is 0. The molecule has 0 spiro atoms. The number of aryl methyl sites for hydroxylation is 1. The molecule has 4 heterocycles. The molecule has 4 aromatic heterocycles. The van der Waals surface area contributed by atoms with Crippen LogP contribution in [0.4, 0.5) is 5.82 Å². The predicted molar refractivity (Wildman–Crippen MR) is 108 cm³/mol. The van der Waals surface area contributed by atoms with Crippen molar-refractivity contribution < 1.29 is 13.9 Å². The first kappa shape index (κ1) is 19.3. The van der Waals surface area contributed by atoms with Crippen LogP contribution >= 0.6 is 23.1 Å². The number of nitrogen functional groups attached to an aromatic ring is 1. The van der Waals surface area contributed by atoms with Gasteiger partial charge in [-0.15, -0.1) is 16.4 Å². The maximum absolute atomic E-state index is 12.2. The van der Waals surface area contributed by atoms with Gasteiger partial charge in [-0.3, -0.25) is 0 Å². The maximum Gasteiger partial charge on any atom is 0.342 e. The number of hydrogen-bond acceptors (Lipinski definition) is 11. The second kappa shape index (κ2) is 8.17. The van der Waals surface area contributed by atoms with E-state index in [4.69, 9.17) is 14.9 Å². The van der Waals surface area contributed by atoms with Gasteiger partial charge in [0, 0.05) is 4.88 Å². The van der Waals surface area contributed by atoms with Crippen LogP contribution in [0.5, 0.6) is 0 Å². The van der Waals surface area contributed by atoms with Crippen LogP contribution in [0.3, 0.4) is 0 Å². The van der Waals surface area contributed by atoms with E-state index < -0.39 is 5.97 Å². The van der Waals surface area contributed by atoms with Crippen LogP contribution in [-0.4, -0.2) is 42.8 Å². The quantitative estimate of drug-likeness (QED) is 0.343. The van der Waals surface area contributed by atoms with Crippen molar-refractivity contribution in [3.63, 3.8) is 0 Å². The van der Waals surface area contributed by atoms with Gasteiger partial charge in [0.05, 0.1) is 24.3 Å². The molecule has 4 aromatic rings. The Kier molecular flexibility index (Phi) is 5.45. The lowest BCUT2D eigenvalue weighted by Gasteiger charge is -2.04. The minimum atomic E-state index is -0.506. The smallest absolute Gasteiger partial charge is 0.342 e. The summed E-state index contributed by atoms with van der Waals surface area (Å²) in [6, 6.07) is 4.01. The van der Waals surface area contributed by atoms with Crippen molar-refractivity contribution in [1.29, 1.82) is 0 Å². The Morgan fingerprint density at radius 2 is 2.28 bits per heavy atom. The van der Waals surface area contributed by atoms with Crippen molar-refractivity contribution in [2.75, 3.05) is 12.3 Å². The van der Waals surface area contributed by atoms with E-state index in [1.54, 1.807) is 29.9 Å². The number of nitrogens with zero attached hydrogens (tertiary/aromatic N) is 6. The van der Waals surface area contributed by atoms with Crippen molar-refractivity contribution >= 4 is 46.0 Å². The highest BCUT2D eigenvalue weighted by Gasteiger charge is 2.24. The third-order valence-corrected chi connectivity index (χ3v) is 5.81. The van der Waals surface area contributed by atoms with Crippen LogP contribution in [0.2, 0.25) is 0 Å². The topological polar surface area (TPSA) is 135 Å². The summed E-state index contributed by atoms with van der Waals surface area (Å²) in [5, 5.41) is 14.9. The summed E-state index contributed by atoms with van der Waals surface area (Å²) in [5.74, 6) is 0.899. The first-order valence-corrected chi connectivity index (χ1v) is 10.6. The van der Waals surface area contributed by atoms with Gasteiger partial charge in [0.15, 0.2) is 0 Å². The molecular weight excluding hydrogens is 414 g/mol. The molecule has 0 fully saturated rings. The van der Waals surface area contributed by atoms with E-state index in [0.717, 1.165) is 4.88 Å². The largest absolute Gasteiger partial charge is 0.462 e. The monoisotopic (exact) mass is 431 g/mol. The first-order valence-electron chi connectivity index (χ1n) is 8.70. The molecule has 0 atom stereocenters. The fourth-order valence-corrected chi connectivity index (χ4v) is 4.19. The third kappa shape index (κ3) is 3.93. The zero-order chi connectivity index (χ0) is 20.4. The standard InChI is InChI=1S/C17H17N7O3S2/c1-3-26-16(25)12-9(2)27-15-13(12)14(18)19-11(20-15)8-29-17-21-22-23-24(17)7-10-5-4-6-28-10/h4-6H,3,7-8H2,1-2H3,(H2,18,19,20). The lowest BCUT2D eigenvalue weighted by Crippen LogP contribution is -2.07. The number of rotatable bonds is 7. The molecule has 0 aliphatic carbocycles. The molecule has 0 unspecified atom stereocenters. The van der Waals surface area contributed by atoms with Crippen molar-refractivity contribution in [1.82, 2.24) is 30.2 Å². The molecule has 0 saturated heterocycles. The molecule has 0 radical (unpaired) electrons. The molecule has 0 amide bonds. The number of anilines is 1. The SMILES string of the molecule is CCOC(=O)c1c(C)oc2nc(CSc3nnnn3Cc3cccs3)nc(N)c12. The Balaban J connectivity index is 1.56. The number of thiophene rings is 1. The van der Waals surface area contributed by atoms with Gasteiger partial charge in [-0.05, 0) is 35.7 Å². The molecule has 0 bridgehead atoms. The number of furan rings is 1. The van der Waals surface area contributed by atoms with E-state index in [1.807, 2.05) is 17.5 Å². The zero-order valence-corrected chi connectivity index (χ0v) is 17.3. The van der Waals surface area contributed by atoms with Crippen molar-refractivity contribution in [3.8, 4) is 0 Å². The number of nitrogens with two attached hydrogens (primary N) is 1. The molecule has 10 nitrogen and oxygen atoms in total. The zero-order valence-electron chi connectivity index (χ0n) is 15.7.